The lowest BCUT2D eigenvalue weighted by molar-refractivity contribution is -0.141. The summed E-state index contributed by atoms with van der Waals surface area (Å²) in [7, 11) is 1.55. The average Bonchev–Trinajstić information content (AvgIpc) is 3.29. The maximum atomic E-state index is 13.0. The molecule has 1 aliphatic rings. The van der Waals surface area contributed by atoms with Crippen molar-refractivity contribution in [3.05, 3.63) is 35.6 Å². The van der Waals surface area contributed by atoms with E-state index in [4.69, 9.17) is 9.15 Å². The van der Waals surface area contributed by atoms with Crippen molar-refractivity contribution < 1.29 is 23.8 Å². The molecule has 1 aromatic carbocycles. The van der Waals surface area contributed by atoms with Crippen molar-refractivity contribution >= 4 is 22.8 Å². The van der Waals surface area contributed by atoms with Crippen LogP contribution in [0, 0.1) is 0 Å². The van der Waals surface area contributed by atoms with Crippen LogP contribution in [-0.4, -0.2) is 41.1 Å². The van der Waals surface area contributed by atoms with E-state index in [0.717, 1.165) is 18.2 Å². The quantitative estimate of drug-likeness (QED) is 0.886. The molecular weight excluding hydrogens is 298 g/mol. The van der Waals surface area contributed by atoms with Gasteiger partial charge in [-0.05, 0) is 25.8 Å². The zero-order valence-electron chi connectivity index (χ0n) is 13.1. The molecule has 1 unspecified atom stereocenters. The second-order valence-electron chi connectivity index (χ2n) is 5.80. The van der Waals surface area contributed by atoms with Crippen LogP contribution in [0.4, 0.5) is 0 Å². The van der Waals surface area contributed by atoms with E-state index in [1.807, 2.05) is 18.2 Å². The van der Waals surface area contributed by atoms with Crippen molar-refractivity contribution in [2.24, 2.45) is 0 Å². The predicted octanol–water partition coefficient (Wildman–Crippen LogP) is 2.66. The molecule has 0 saturated heterocycles. The molecule has 1 heterocycles. The molecule has 0 aliphatic heterocycles. The van der Waals surface area contributed by atoms with Gasteiger partial charge in [0.2, 0.25) is 0 Å². The van der Waals surface area contributed by atoms with Crippen molar-refractivity contribution in [1.82, 2.24) is 4.90 Å². The highest BCUT2D eigenvalue weighted by Crippen LogP contribution is 2.33. The number of fused-ring (bicyclic) bond motifs is 1. The summed E-state index contributed by atoms with van der Waals surface area (Å²) in [4.78, 5) is 25.7. The Bertz CT molecular complexity index is 747. The summed E-state index contributed by atoms with van der Waals surface area (Å²) in [6, 6.07) is 6.43. The first-order valence-electron chi connectivity index (χ1n) is 7.59. The number of amides is 1. The van der Waals surface area contributed by atoms with Gasteiger partial charge in [-0.2, -0.15) is 0 Å². The minimum Gasteiger partial charge on any atom is -0.480 e. The zero-order chi connectivity index (χ0) is 16.6. The lowest BCUT2D eigenvalue weighted by Gasteiger charge is -2.25. The van der Waals surface area contributed by atoms with Crippen LogP contribution in [-0.2, 0) is 16.1 Å². The van der Waals surface area contributed by atoms with E-state index >= 15 is 0 Å². The Labute approximate surface area is 133 Å². The van der Waals surface area contributed by atoms with Gasteiger partial charge in [0.25, 0.3) is 5.91 Å². The van der Waals surface area contributed by atoms with E-state index in [-0.39, 0.29) is 24.3 Å². The summed E-state index contributed by atoms with van der Waals surface area (Å²) in [6.45, 7) is 1.76. The third-order valence-corrected chi connectivity index (χ3v) is 4.13. The molecule has 1 fully saturated rings. The molecule has 1 N–H and O–H groups in total. The first-order valence-corrected chi connectivity index (χ1v) is 7.59. The summed E-state index contributed by atoms with van der Waals surface area (Å²) < 4.78 is 10.9. The van der Waals surface area contributed by atoms with Gasteiger partial charge in [0.15, 0.2) is 5.76 Å². The van der Waals surface area contributed by atoms with E-state index < -0.39 is 12.0 Å². The zero-order valence-corrected chi connectivity index (χ0v) is 13.1. The number of benzene rings is 1. The first-order chi connectivity index (χ1) is 11.0. The number of carboxylic acids is 1. The van der Waals surface area contributed by atoms with Crippen molar-refractivity contribution in [2.75, 3.05) is 7.11 Å². The van der Waals surface area contributed by atoms with Crippen molar-refractivity contribution in [1.29, 1.82) is 0 Å². The van der Waals surface area contributed by atoms with Gasteiger partial charge in [0.1, 0.15) is 11.6 Å². The van der Waals surface area contributed by atoms with Crippen LogP contribution >= 0.6 is 0 Å². The van der Waals surface area contributed by atoms with E-state index in [2.05, 4.69) is 0 Å². The van der Waals surface area contributed by atoms with Gasteiger partial charge in [-0.3, -0.25) is 4.79 Å². The number of methoxy groups -OCH3 is 1. The van der Waals surface area contributed by atoms with Crippen molar-refractivity contribution in [2.45, 2.75) is 38.5 Å². The van der Waals surface area contributed by atoms with Gasteiger partial charge in [-0.25, -0.2) is 4.79 Å². The Morgan fingerprint density at radius 1 is 1.39 bits per heavy atom. The number of rotatable bonds is 6. The number of hydrogen-bond donors (Lipinski definition) is 1. The molecule has 1 aliphatic carbocycles. The highest BCUT2D eigenvalue weighted by Gasteiger charge is 2.40. The van der Waals surface area contributed by atoms with Gasteiger partial charge >= 0.3 is 5.97 Å². The summed E-state index contributed by atoms with van der Waals surface area (Å²) in [5.74, 6) is -1.23. The second-order valence-corrected chi connectivity index (χ2v) is 5.80. The van der Waals surface area contributed by atoms with Crippen LogP contribution in [0.3, 0.4) is 0 Å². The Morgan fingerprint density at radius 3 is 2.70 bits per heavy atom. The molecule has 1 saturated carbocycles. The van der Waals surface area contributed by atoms with Crippen molar-refractivity contribution in [3.8, 4) is 0 Å². The van der Waals surface area contributed by atoms with Gasteiger partial charge in [-0.15, -0.1) is 0 Å². The minimum atomic E-state index is -1.02. The predicted molar refractivity (Wildman–Crippen MR) is 83.2 cm³/mol. The summed E-state index contributed by atoms with van der Waals surface area (Å²) in [5, 5.41) is 10.1. The Kier molecular flexibility index (Phi) is 4.09. The molecule has 3 rings (SSSR count). The monoisotopic (exact) mass is 317 g/mol. The molecule has 1 amide bonds. The maximum Gasteiger partial charge on any atom is 0.326 e. The third kappa shape index (κ3) is 2.82. The van der Waals surface area contributed by atoms with Crippen molar-refractivity contribution in [3.63, 3.8) is 0 Å². The standard InChI is InChI=1S/C17H19NO5/c1-10(17(20)21)18(11-7-8-11)16(19)15-13(9-22-2)12-5-3-4-6-14(12)23-15/h3-6,10-11H,7-9H2,1-2H3,(H,20,21). The van der Waals surface area contributed by atoms with Crippen LogP contribution in [0.2, 0.25) is 0 Å². The molecule has 6 nitrogen and oxygen atoms in total. The SMILES string of the molecule is COCc1c(C(=O)N(C2CC2)C(C)C(=O)O)oc2ccccc12. The summed E-state index contributed by atoms with van der Waals surface area (Å²) in [5.41, 5.74) is 1.26. The number of furan rings is 1. The van der Waals surface area contributed by atoms with E-state index in [1.54, 1.807) is 13.2 Å². The number of nitrogens with zero attached hydrogens (tertiary/aromatic N) is 1. The summed E-state index contributed by atoms with van der Waals surface area (Å²) >= 11 is 0. The number of aliphatic carboxylic acids is 1. The van der Waals surface area contributed by atoms with E-state index in [1.165, 1.54) is 11.8 Å². The number of carbonyl (C=O) groups is 2. The van der Waals surface area contributed by atoms with Crippen LogP contribution in [0.1, 0.15) is 35.9 Å². The maximum absolute atomic E-state index is 13.0. The van der Waals surface area contributed by atoms with Crippen LogP contribution in [0.25, 0.3) is 11.0 Å². The third-order valence-electron chi connectivity index (χ3n) is 4.13. The minimum absolute atomic E-state index is 0.0304. The van der Waals surface area contributed by atoms with Gasteiger partial charge < -0.3 is 19.2 Å². The lowest BCUT2D eigenvalue weighted by atomic mass is 10.1. The number of para-hydroxylation sites is 1. The molecule has 6 heteroatoms. The Hall–Kier alpha value is -2.34. The fourth-order valence-electron chi connectivity index (χ4n) is 2.81. The van der Waals surface area contributed by atoms with Gasteiger partial charge in [0, 0.05) is 24.1 Å². The molecular formula is C17H19NO5. The Balaban J connectivity index is 2.05. The van der Waals surface area contributed by atoms with E-state index in [0.29, 0.717) is 11.1 Å². The topological polar surface area (TPSA) is 80.0 Å². The van der Waals surface area contributed by atoms with E-state index in [9.17, 15) is 14.7 Å². The second kappa shape index (κ2) is 6.04. The fraction of sp³-hybridized carbons (Fsp3) is 0.412. The molecule has 2 aromatic rings. The first kappa shape index (κ1) is 15.6. The smallest absolute Gasteiger partial charge is 0.326 e. The number of carboxylic acid groups (broad SMARTS) is 1. The molecule has 122 valence electrons. The molecule has 1 aromatic heterocycles. The molecule has 1 atom stereocenters. The highest BCUT2D eigenvalue weighted by atomic mass is 16.5. The fourth-order valence-corrected chi connectivity index (χ4v) is 2.81. The average molecular weight is 317 g/mol. The van der Waals surface area contributed by atoms with Gasteiger partial charge in [0.05, 0.1) is 6.61 Å². The molecule has 23 heavy (non-hydrogen) atoms. The number of hydrogen-bond acceptors (Lipinski definition) is 4. The van der Waals surface area contributed by atoms with Crippen LogP contribution in [0.5, 0.6) is 0 Å². The molecule has 0 spiro atoms. The van der Waals surface area contributed by atoms with Gasteiger partial charge in [-0.1, -0.05) is 18.2 Å². The Morgan fingerprint density at radius 2 is 2.09 bits per heavy atom. The molecule has 0 radical (unpaired) electrons. The molecule has 0 bridgehead atoms. The van der Waals surface area contributed by atoms with Crippen LogP contribution in [0.15, 0.2) is 28.7 Å². The number of ether oxygens (including phenoxy) is 1. The number of carbonyl (C=O) groups excluding carboxylic acids is 1. The summed E-state index contributed by atoms with van der Waals surface area (Å²) in [6.07, 6.45) is 1.65. The van der Waals surface area contributed by atoms with Crippen LogP contribution < -0.4 is 0 Å². The lowest BCUT2D eigenvalue weighted by Crippen LogP contribution is -2.44. The normalized spacial score (nSPS) is 15.6. The largest absolute Gasteiger partial charge is 0.480 e. The highest BCUT2D eigenvalue weighted by molar-refractivity contribution is 6.00.